The van der Waals surface area contributed by atoms with Crippen molar-refractivity contribution in [3.8, 4) is 0 Å². The van der Waals surface area contributed by atoms with Crippen LogP contribution < -0.4 is 17.2 Å². The molecule has 0 aliphatic carbocycles. The lowest BCUT2D eigenvalue weighted by molar-refractivity contribution is -0.145. The summed E-state index contributed by atoms with van der Waals surface area (Å²) in [4.78, 5) is 24.7. The van der Waals surface area contributed by atoms with Gasteiger partial charge in [-0.2, -0.15) is 0 Å². The molecular formula is C10H22N4O2S2. The zero-order chi connectivity index (χ0) is 14.1. The van der Waals surface area contributed by atoms with Crippen LogP contribution in [0.1, 0.15) is 13.8 Å². The largest absolute Gasteiger partial charge is 0.330 e. The van der Waals surface area contributed by atoms with E-state index in [9.17, 15) is 9.59 Å². The fourth-order valence-electron chi connectivity index (χ4n) is 1.12. The molecule has 0 spiro atoms. The standard InChI is InChI=1S/C10H22N4O2S2/c1-7(12)9(15)14(10(16)8(2)13)4-6-18-17-5-3-11/h7-8H,3-6,11-13H2,1-2H3/t7-,8-/m0/s1. The Labute approximate surface area is 116 Å². The first-order valence-electron chi connectivity index (χ1n) is 5.72. The van der Waals surface area contributed by atoms with Crippen molar-refractivity contribution in [2.24, 2.45) is 17.2 Å². The Hall–Kier alpha value is -0.280. The van der Waals surface area contributed by atoms with E-state index in [0.29, 0.717) is 18.8 Å². The van der Waals surface area contributed by atoms with E-state index in [0.717, 1.165) is 10.7 Å². The number of hydrogen-bond donors (Lipinski definition) is 3. The molecule has 2 amide bonds. The van der Waals surface area contributed by atoms with Crippen molar-refractivity contribution >= 4 is 33.4 Å². The van der Waals surface area contributed by atoms with Gasteiger partial charge in [-0.05, 0) is 13.8 Å². The highest BCUT2D eigenvalue weighted by Gasteiger charge is 2.25. The molecule has 0 saturated carbocycles. The van der Waals surface area contributed by atoms with E-state index in [1.807, 2.05) is 0 Å². The number of carbonyl (C=O) groups is 2. The fraction of sp³-hybridized carbons (Fsp3) is 0.800. The maximum Gasteiger partial charge on any atom is 0.245 e. The number of amides is 2. The first-order chi connectivity index (χ1) is 8.41. The summed E-state index contributed by atoms with van der Waals surface area (Å²) in [6.07, 6.45) is 0. The maximum atomic E-state index is 11.8. The van der Waals surface area contributed by atoms with Gasteiger partial charge in [0, 0.05) is 24.6 Å². The fourth-order valence-corrected chi connectivity index (χ4v) is 2.92. The van der Waals surface area contributed by atoms with E-state index in [1.54, 1.807) is 35.4 Å². The normalized spacial score (nSPS) is 14.1. The Morgan fingerprint density at radius 2 is 1.50 bits per heavy atom. The highest BCUT2D eigenvalue weighted by atomic mass is 33.1. The smallest absolute Gasteiger partial charge is 0.245 e. The van der Waals surface area contributed by atoms with E-state index in [-0.39, 0.29) is 11.8 Å². The van der Waals surface area contributed by atoms with Crippen LogP contribution in [0, 0.1) is 0 Å². The predicted octanol–water partition coefficient (Wildman–Crippen LogP) is -0.624. The highest BCUT2D eigenvalue weighted by molar-refractivity contribution is 8.76. The summed E-state index contributed by atoms with van der Waals surface area (Å²) < 4.78 is 0. The number of nitrogens with zero attached hydrogens (tertiary/aromatic N) is 1. The zero-order valence-corrected chi connectivity index (χ0v) is 12.4. The third-order valence-electron chi connectivity index (χ3n) is 1.99. The number of rotatable bonds is 8. The van der Waals surface area contributed by atoms with Gasteiger partial charge >= 0.3 is 0 Å². The van der Waals surface area contributed by atoms with Crippen LogP contribution in [-0.4, -0.2) is 53.4 Å². The summed E-state index contributed by atoms with van der Waals surface area (Å²) in [5, 5.41) is 0. The second-order valence-electron chi connectivity index (χ2n) is 3.84. The summed E-state index contributed by atoms with van der Waals surface area (Å²) in [7, 11) is 3.19. The molecule has 0 radical (unpaired) electrons. The molecule has 18 heavy (non-hydrogen) atoms. The van der Waals surface area contributed by atoms with Crippen LogP contribution in [0.25, 0.3) is 0 Å². The van der Waals surface area contributed by atoms with Crippen molar-refractivity contribution in [1.29, 1.82) is 0 Å². The number of nitrogens with two attached hydrogens (primary N) is 3. The molecule has 6 nitrogen and oxygen atoms in total. The van der Waals surface area contributed by atoms with Gasteiger partial charge in [-0.15, -0.1) is 0 Å². The lowest BCUT2D eigenvalue weighted by atomic mass is 10.2. The molecule has 6 N–H and O–H groups in total. The predicted molar refractivity (Wildman–Crippen MR) is 78.0 cm³/mol. The van der Waals surface area contributed by atoms with Crippen molar-refractivity contribution in [2.45, 2.75) is 25.9 Å². The molecule has 0 aromatic rings. The minimum absolute atomic E-state index is 0.322. The molecule has 0 aliphatic rings. The van der Waals surface area contributed by atoms with Crippen molar-refractivity contribution in [3.05, 3.63) is 0 Å². The molecule has 106 valence electrons. The van der Waals surface area contributed by atoms with Gasteiger partial charge in [0.05, 0.1) is 12.1 Å². The first-order valence-corrected chi connectivity index (χ1v) is 8.21. The van der Waals surface area contributed by atoms with Gasteiger partial charge in [0.2, 0.25) is 11.8 Å². The minimum Gasteiger partial charge on any atom is -0.330 e. The molecule has 0 aromatic carbocycles. The van der Waals surface area contributed by atoms with Crippen LogP contribution in [0.5, 0.6) is 0 Å². The second-order valence-corrected chi connectivity index (χ2v) is 6.54. The van der Waals surface area contributed by atoms with Crippen LogP contribution >= 0.6 is 21.6 Å². The summed E-state index contributed by atoms with van der Waals surface area (Å²) >= 11 is 0. The third-order valence-corrected chi connectivity index (χ3v) is 4.41. The molecule has 0 saturated heterocycles. The molecule has 0 aliphatic heterocycles. The van der Waals surface area contributed by atoms with Crippen molar-refractivity contribution in [1.82, 2.24) is 4.90 Å². The Morgan fingerprint density at radius 1 is 1.06 bits per heavy atom. The monoisotopic (exact) mass is 294 g/mol. The number of hydrogen-bond acceptors (Lipinski definition) is 7. The first kappa shape index (κ1) is 17.7. The summed E-state index contributed by atoms with van der Waals surface area (Å²) in [5.41, 5.74) is 16.4. The van der Waals surface area contributed by atoms with Gasteiger partial charge in [0.1, 0.15) is 0 Å². The topological polar surface area (TPSA) is 115 Å². The molecule has 0 bridgehead atoms. The van der Waals surface area contributed by atoms with E-state index in [2.05, 4.69) is 0 Å². The zero-order valence-electron chi connectivity index (χ0n) is 10.8. The molecular weight excluding hydrogens is 272 g/mol. The lowest BCUT2D eigenvalue weighted by Gasteiger charge is -2.24. The Balaban J connectivity index is 4.31. The quantitative estimate of drug-likeness (QED) is 0.403. The minimum atomic E-state index is -0.700. The van der Waals surface area contributed by atoms with Gasteiger partial charge in [-0.25, -0.2) is 0 Å². The Morgan fingerprint density at radius 3 is 1.89 bits per heavy atom. The van der Waals surface area contributed by atoms with Crippen molar-refractivity contribution < 1.29 is 9.59 Å². The average Bonchev–Trinajstić information content (AvgIpc) is 2.32. The van der Waals surface area contributed by atoms with Crippen molar-refractivity contribution in [2.75, 3.05) is 24.6 Å². The van der Waals surface area contributed by atoms with Gasteiger partial charge < -0.3 is 17.2 Å². The molecule has 0 fully saturated rings. The second kappa shape index (κ2) is 9.62. The van der Waals surface area contributed by atoms with Gasteiger partial charge in [-0.3, -0.25) is 14.5 Å². The third kappa shape index (κ3) is 6.60. The van der Waals surface area contributed by atoms with Crippen LogP contribution in [0.3, 0.4) is 0 Å². The van der Waals surface area contributed by atoms with Crippen LogP contribution in [0.4, 0.5) is 0 Å². The maximum absolute atomic E-state index is 11.8. The summed E-state index contributed by atoms with van der Waals surface area (Å²) in [5.74, 6) is 0.706. The van der Waals surface area contributed by atoms with Crippen LogP contribution in [0.2, 0.25) is 0 Å². The highest BCUT2D eigenvalue weighted by Crippen LogP contribution is 2.20. The van der Waals surface area contributed by atoms with Crippen LogP contribution in [0.15, 0.2) is 0 Å². The Bertz CT molecular complexity index is 255. The molecule has 0 rings (SSSR count). The molecule has 2 atom stereocenters. The van der Waals surface area contributed by atoms with E-state index in [4.69, 9.17) is 17.2 Å². The summed E-state index contributed by atoms with van der Waals surface area (Å²) in [6.45, 7) is 4.04. The van der Waals surface area contributed by atoms with Crippen LogP contribution in [-0.2, 0) is 9.59 Å². The van der Waals surface area contributed by atoms with Gasteiger partial charge in [-0.1, -0.05) is 21.6 Å². The molecule has 0 unspecified atom stereocenters. The van der Waals surface area contributed by atoms with E-state index < -0.39 is 12.1 Å². The van der Waals surface area contributed by atoms with E-state index in [1.165, 1.54) is 0 Å². The molecule has 0 aromatic heterocycles. The summed E-state index contributed by atoms with van der Waals surface area (Å²) in [6, 6.07) is -1.40. The Kier molecular flexibility index (Phi) is 9.47. The lowest BCUT2D eigenvalue weighted by Crippen LogP contribution is -2.51. The number of imide groups is 1. The van der Waals surface area contributed by atoms with E-state index >= 15 is 0 Å². The average molecular weight is 294 g/mol. The molecule has 0 heterocycles. The number of carbonyl (C=O) groups excluding carboxylic acids is 2. The van der Waals surface area contributed by atoms with Crippen molar-refractivity contribution in [3.63, 3.8) is 0 Å². The molecule has 8 heteroatoms. The van der Waals surface area contributed by atoms with Gasteiger partial charge in [0.25, 0.3) is 0 Å². The SMILES string of the molecule is C[C@H](N)C(=O)N(CCSSCCN)C(=O)[C@H](C)N. The van der Waals surface area contributed by atoms with Gasteiger partial charge in [0.15, 0.2) is 0 Å².